The van der Waals surface area contributed by atoms with E-state index in [1.54, 1.807) is 6.07 Å². The maximum atomic E-state index is 10.8. The van der Waals surface area contributed by atoms with Crippen molar-refractivity contribution in [1.82, 2.24) is 5.32 Å². The molecule has 1 N–H and O–H groups in total. The fraction of sp³-hybridized carbons (Fsp3) is 0.222. The van der Waals surface area contributed by atoms with Crippen molar-refractivity contribution in [2.45, 2.75) is 6.04 Å². The molecule has 1 saturated heterocycles. The smallest absolute Gasteiger partial charge is 0.407 e. The predicted octanol–water partition coefficient (Wildman–Crippen LogP) is 2.54. The molecular weight excluding hydrogens is 225 g/mol. The summed E-state index contributed by atoms with van der Waals surface area (Å²) in [6.45, 7) is 0.350. The van der Waals surface area contributed by atoms with Crippen LogP contribution >= 0.6 is 24.0 Å². The third-order valence-electron chi connectivity index (χ3n) is 1.95. The number of carbonyl (C=O) groups is 1. The zero-order valence-corrected chi connectivity index (χ0v) is 8.77. The van der Waals surface area contributed by atoms with Crippen LogP contribution in [-0.2, 0) is 4.74 Å². The molecule has 3 nitrogen and oxygen atoms in total. The van der Waals surface area contributed by atoms with Gasteiger partial charge in [-0.05, 0) is 11.6 Å². The normalized spacial score (nSPS) is 19.5. The first-order valence-electron chi connectivity index (χ1n) is 3.95. The van der Waals surface area contributed by atoms with Gasteiger partial charge in [-0.3, -0.25) is 0 Å². The van der Waals surface area contributed by atoms with Crippen LogP contribution in [0, 0.1) is 0 Å². The van der Waals surface area contributed by atoms with Crippen LogP contribution in [0.4, 0.5) is 4.79 Å². The Morgan fingerprint density at radius 3 is 2.71 bits per heavy atom. The second-order valence-electron chi connectivity index (χ2n) is 2.82. The highest BCUT2D eigenvalue weighted by molar-refractivity contribution is 6.31. The van der Waals surface area contributed by atoms with Crippen LogP contribution in [0.5, 0.6) is 0 Å². The van der Waals surface area contributed by atoms with Crippen molar-refractivity contribution < 1.29 is 9.53 Å². The summed E-state index contributed by atoms with van der Waals surface area (Å²) in [6, 6.07) is 7.29. The molecule has 0 aliphatic carbocycles. The standard InChI is InChI=1S/C9H8ClNO2.ClH/c10-7-4-2-1-3-6(7)8-5-13-9(12)11-8;/h1-4,8H,5H2,(H,11,12);1H/t8-;/m0./s1. The molecule has 0 radical (unpaired) electrons. The lowest BCUT2D eigenvalue weighted by molar-refractivity contribution is 0.177. The van der Waals surface area contributed by atoms with Crippen molar-refractivity contribution in [3.8, 4) is 0 Å². The van der Waals surface area contributed by atoms with E-state index < -0.39 is 0 Å². The monoisotopic (exact) mass is 233 g/mol. The summed E-state index contributed by atoms with van der Waals surface area (Å²) in [5, 5.41) is 3.32. The van der Waals surface area contributed by atoms with Crippen LogP contribution in [-0.4, -0.2) is 12.7 Å². The Hall–Kier alpha value is -0.930. The third kappa shape index (κ3) is 2.11. The second-order valence-corrected chi connectivity index (χ2v) is 3.22. The zero-order valence-electron chi connectivity index (χ0n) is 7.20. The van der Waals surface area contributed by atoms with Gasteiger partial charge < -0.3 is 10.1 Å². The Balaban J connectivity index is 0.000000980. The molecule has 1 fully saturated rings. The molecule has 1 aromatic carbocycles. The lowest BCUT2D eigenvalue weighted by Crippen LogP contribution is -2.18. The number of halogens is 2. The maximum absolute atomic E-state index is 10.8. The third-order valence-corrected chi connectivity index (χ3v) is 2.30. The van der Waals surface area contributed by atoms with Gasteiger partial charge in [-0.25, -0.2) is 4.79 Å². The maximum Gasteiger partial charge on any atom is 0.407 e. The van der Waals surface area contributed by atoms with Gasteiger partial charge in [0.15, 0.2) is 0 Å². The molecule has 2 rings (SSSR count). The minimum Gasteiger partial charge on any atom is -0.447 e. The molecule has 14 heavy (non-hydrogen) atoms. The Morgan fingerprint density at radius 1 is 1.43 bits per heavy atom. The van der Waals surface area contributed by atoms with Gasteiger partial charge in [0.25, 0.3) is 0 Å². The fourth-order valence-electron chi connectivity index (χ4n) is 1.31. The van der Waals surface area contributed by atoms with E-state index in [1.807, 2.05) is 18.2 Å². The van der Waals surface area contributed by atoms with Crippen molar-refractivity contribution in [3.63, 3.8) is 0 Å². The van der Waals surface area contributed by atoms with E-state index >= 15 is 0 Å². The summed E-state index contributed by atoms with van der Waals surface area (Å²) in [7, 11) is 0. The summed E-state index contributed by atoms with van der Waals surface area (Å²) in [6.07, 6.45) is -0.384. The Kier molecular flexibility index (Phi) is 3.61. The van der Waals surface area contributed by atoms with Gasteiger partial charge in [0.1, 0.15) is 6.61 Å². The van der Waals surface area contributed by atoms with Gasteiger partial charge >= 0.3 is 6.09 Å². The number of alkyl carbamates (subject to hydrolysis) is 1. The first-order chi connectivity index (χ1) is 6.27. The average molecular weight is 234 g/mol. The molecule has 0 saturated carbocycles. The first kappa shape index (κ1) is 11.1. The molecule has 0 spiro atoms. The van der Waals surface area contributed by atoms with Crippen LogP contribution in [0.2, 0.25) is 5.02 Å². The van der Waals surface area contributed by atoms with E-state index in [1.165, 1.54) is 0 Å². The van der Waals surface area contributed by atoms with Gasteiger partial charge in [0, 0.05) is 5.02 Å². The molecular formula is C9H9Cl2NO2. The molecule has 1 aromatic rings. The van der Waals surface area contributed by atoms with Crippen LogP contribution in [0.3, 0.4) is 0 Å². The van der Waals surface area contributed by atoms with Crippen molar-refractivity contribution in [2.24, 2.45) is 0 Å². The van der Waals surface area contributed by atoms with E-state index in [0.29, 0.717) is 11.6 Å². The number of rotatable bonds is 1. The SMILES string of the molecule is Cl.O=C1N[C@H](c2ccccc2Cl)CO1. The topological polar surface area (TPSA) is 38.3 Å². The Labute approximate surface area is 92.8 Å². The first-order valence-corrected chi connectivity index (χ1v) is 4.33. The second kappa shape index (κ2) is 4.53. The Morgan fingerprint density at radius 2 is 2.14 bits per heavy atom. The van der Waals surface area contributed by atoms with E-state index in [9.17, 15) is 4.79 Å². The van der Waals surface area contributed by atoms with Crippen molar-refractivity contribution in [2.75, 3.05) is 6.61 Å². The van der Waals surface area contributed by atoms with Gasteiger partial charge in [0.2, 0.25) is 0 Å². The summed E-state index contributed by atoms with van der Waals surface area (Å²) in [4.78, 5) is 10.8. The van der Waals surface area contributed by atoms with Gasteiger partial charge in [0.05, 0.1) is 6.04 Å². The minimum atomic E-state index is -0.384. The molecule has 1 aliphatic heterocycles. The number of carbonyl (C=O) groups excluding carboxylic acids is 1. The highest BCUT2D eigenvalue weighted by Gasteiger charge is 2.24. The van der Waals surface area contributed by atoms with Gasteiger partial charge in [-0.2, -0.15) is 0 Å². The van der Waals surface area contributed by atoms with Crippen molar-refractivity contribution in [3.05, 3.63) is 34.9 Å². The lowest BCUT2D eigenvalue weighted by Gasteiger charge is -2.08. The summed E-state index contributed by atoms with van der Waals surface area (Å²) in [5.41, 5.74) is 0.898. The number of benzene rings is 1. The largest absolute Gasteiger partial charge is 0.447 e. The number of ether oxygens (including phenoxy) is 1. The zero-order chi connectivity index (χ0) is 9.26. The lowest BCUT2D eigenvalue weighted by atomic mass is 10.1. The van der Waals surface area contributed by atoms with Gasteiger partial charge in [-0.15, -0.1) is 12.4 Å². The molecule has 0 aromatic heterocycles. The quantitative estimate of drug-likeness (QED) is 0.810. The highest BCUT2D eigenvalue weighted by atomic mass is 35.5. The van der Waals surface area contributed by atoms with Crippen LogP contribution in [0.25, 0.3) is 0 Å². The van der Waals surface area contributed by atoms with Crippen LogP contribution in [0.15, 0.2) is 24.3 Å². The summed E-state index contributed by atoms with van der Waals surface area (Å²) < 4.78 is 4.77. The molecule has 76 valence electrons. The molecule has 1 amide bonds. The van der Waals surface area contributed by atoms with Crippen molar-refractivity contribution >= 4 is 30.1 Å². The number of hydrogen-bond donors (Lipinski definition) is 1. The van der Waals surface area contributed by atoms with E-state index in [0.717, 1.165) is 5.56 Å². The molecule has 1 atom stereocenters. The molecule has 0 unspecified atom stereocenters. The van der Waals surface area contributed by atoms with E-state index in [2.05, 4.69) is 5.32 Å². The number of nitrogens with one attached hydrogen (secondary N) is 1. The minimum absolute atomic E-state index is 0. The molecule has 1 aliphatic rings. The van der Waals surface area contributed by atoms with E-state index in [4.69, 9.17) is 16.3 Å². The van der Waals surface area contributed by atoms with E-state index in [-0.39, 0.29) is 24.5 Å². The van der Waals surface area contributed by atoms with Gasteiger partial charge in [-0.1, -0.05) is 29.8 Å². The highest BCUT2D eigenvalue weighted by Crippen LogP contribution is 2.25. The van der Waals surface area contributed by atoms with Crippen LogP contribution in [0.1, 0.15) is 11.6 Å². The number of amides is 1. The number of cyclic esters (lactones) is 1. The van der Waals surface area contributed by atoms with Crippen LogP contribution < -0.4 is 5.32 Å². The molecule has 0 bridgehead atoms. The average Bonchev–Trinajstić information content (AvgIpc) is 2.53. The summed E-state index contributed by atoms with van der Waals surface area (Å²) in [5.74, 6) is 0. The number of hydrogen-bond acceptors (Lipinski definition) is 2. The van der Waals surface area contributed by atoms with Crippen molar-refractivity contribution in [1.29, 1.82) is 0 Å². The fourth-order valence-corrected chi connectivity index (χ4v) is 1.58. The summed E-state index contributed by atoms with van der Waals surface area (Å²) >= 11 is 5.95. The molecule has 5 heteroatoms. The predicted molar refractivity (Wildman–Crippen MR) is 55.9 cm³/mol. The molecule has 1 heterocycles. The Bertz CT molecular complexity index is 343.